The first-order valence-corrected chi connectivity index (χ1v) is 7.59. The SMILES string of the molecule is CCc1cc(C(=O)Nc2cc(Br)c(F)cc2C)n(CC)n1. The molecule has 0 spiro atoms. The number of hydrogen-bond acceptors (Lipinski definition) is 2. The van der Waals surface area contributed by atoms with Crippen LogP contribution in [0.25, 0.3) is 0 Å². The molecule has 1 aromatic heterocycles. The van der Waals surface area contributed by atoms with Crippen molar-refractivity contribution in [2.75, 3.05) is 5.32 Å². The number of carbonyl (C=O) groups is 1. The van der Waals surface area contributed by atoms with E-state index in [1.807, 2.05) is 13.8 Å². The Balaban J connectivity index is 2.30. The Kier molecular flexibility index (Phi) is 4.77. The van der Waals surface area contributed by atoms with Crippen LogP contribution in [-0.4, -0.2) is 15.7 Å². The van der Waals surface area contributed by atoms with Gasteiger partial charge in [-0.1, -0.05) is 6.92 Å². The Labute approximate surface area is 131 Å². The van der Waals surface area contributed by atoms with E-state index in [9.17, 15) is 9.18 Å². The van der Waals surface area contributed by atoms with Gasteiger partial charge in [0.1, 0.15) is 11.5 Å². The Morgan fingerprint density at radius 3 is 2.71 bits per heavy atom. The van der Waals surface area contributed by atoms with E-state index in [-0.39, 0.29) is 11.7 Å². The van der Waals surface area contributed by atoms with Crippen LogP contribution in [0, 0.1) is 12.7 Å². The predicted octanol–water partition coefficient (Wildman–Crippen LogP) is 3.93. The molecule has 0 aliphatic rings. The molecule has 0 radical (unpaired) electrons. The Morgan fingerprint density at radius 1 is 1.38 bits per heavy atom. The van der Waals surface area contributed by atoms with Crippen molar-refractivity contribution in [2.45, 2.75) is 33.7 Å². The Hall–Kier alpha value is -1.69. The molecule has 112 valence electrons. The third kappa shape index (κ3) is 3.32. The van der Waals surface area contributed by atoms with Crippen LogP contribution in [0.3, 0.4) is 0 Å². The number of aromatic nitrogens is 2. The van der Waals surface area contributed by atoms with E-state index < -0.39 is 0 Å². The standard InChI is InChI=1S/C15H17BrFN3O/c1-4-10-7-14(20(5-2)19-10)15(21)18-13-8-11(16)12(17)6-9(13)3/h6-8H,4-5H2,1-3H3,(H,18,21). The molecule has 1 N–H and O–H groups in total. The van der Waals surface area contributed by atoms with Gasteiger partial charge in [-0.3, -0.25) is 9.48 Å². The van der Waals surface area contributed by atoms with Crippen molar-refractivity contribution < 1.29 is 9.18 Å². The van der Waals surface area contributed by atoms with Gasteiger partial charge in [0.2, 0.25) is 0 Å². The minimum atomic E-state index is -0.350. The van der Waals surface area contributed by atoms with Crippen molar-refractivity contribution in [2.24, 2.45) is 0 Å². The van der Waals surface area contributed by atoms with E-state index >= 15 is 0 Å². The van der Waals surface area contributed by atoms with Crippen LogP contribution >= 0.6 is 15.9 Å². The predicted molar refractivity (Wildman–Crippen MR) is 84.1 cm³/mol. The molecule has 1 heterocycles. The highest BCUT2D eigenvalue weighted by atomic mass is 79.9. The quantitative estimate of drug-likeness (QED) is 0.905. The molecular weight excluding hydrogens is 337 g/mol. The highest BCUT2D eigenvalue weighted by Gasteiger charge is 2.15. The molecule has 0 saturated carbocycles. The van der Waals surface area contributed by atoms with Crippen molar-refractivity contribution in [3.05, 3.63) is 45.4 Å². The first-order chi connectivity index (χ1) is 9.96. The summed E-state index contributed by atoms with van der Waals surface area (Å²) in [6, 6.07) is 4.73. The number of benzene rings is 1. The summed E-state index contributed by atoms with van der Waals surface area (Å²) in [5.41, 5.74) is 2.63. The van der Waals surface area contributed by atoms with Crippen molar-refractivity contribution in [1.29, 1.82) is 0 Å². The van der Waals surface area contributed by atoms with E-state index in [2.05, 4.69) is 26.3 Å². The second kappa shape index (κ2) is 6.39. The first kappa shape index (κ1) is 15.7. The largest absolute Gasteiger partial charge is 0.320 e. The van der Waals surface area contributed by atoms with Crippen molar-refractivity contribution >= 4 is 27.5 Å². The third-order valence-electron chi connectivity index (χ3n) is 3.24. The summed E-state index contributed by atoms with van der Waals surface area (Å²) < 4.78 is 15.4. The highest BCUT2D eigenvalue weighted by Crippen LogP contribution is 2.24. The molecule has 4 nitrogen and oxygen atoms in total. The summed E-state index contributed by atoms with van der Waals surface area (Å²) in [5.74, 6) is -0.594. The molecule has 0 atom stereocenters. The van der Waals surface area contributed by atoms with Crippen LogP contribution in [0.4, 0.5) is 10.1 Å². The fourth-order valence-corrected chi connectivity index (χ4v) is 2.38. The topological polar surface area (TPSA) is 46.9 Å². The minimum Gasteiger partial charge on any atom is -0.320 e. The van der Waals surface area contributed by atoms with Crippen molar-refractivity contribution in [1.82, 2.24) is 9.78 Å². The summed E-state index contributed by atoms with van der Waals surface area (Å²) in [7, 11) is 0. The molecule has 0 unspecified atom stereocenters. The van der Waals surface area contributed by atoms with E-state index in [1.165, 1.54) is 6.07 Å². The first-order valence-electron chi connectivity index (χ1n) is 6.80. The number of hydrogen-bond donors (Lipinski definition) is 1. The lowest BCUT2D eigenvalue weighted by atomic mass is 10.2. The molecule has 0 saturated heterocycles. The molecule has 21 heavy (non-hydrogen) atoms. The smallest absolute Gasteiger partial charge is 0.273 e. The normalized spacial score (nSPS) is 10.7. The summed E-state index contributed by atoms with van der Waals surface area (Å²) in [6.07, 6.45) is 0.772. The van der Waals surface area contributed by atoms with Gasteiger partial charge in [0.05, 0.1) is 10.2 Å². The molecule has 0 bridgehead atoms. The average molecular weight is 354 g/mol. The maximum Gasteiger partial charge on any atom is 0.273 e. The lowest BCUT2D eigenvalue weighted by Gasteiger charge is -2.10. The van der Waals surface area contributed by atoms with Gasteiger partial charge in [0.15, 0.2) is 0 Å². The molecule has 1 aromatic carbocycles. The van der Waals surface area contributed by atoms with Gasteiger partial charge in [-0.15, -0.1) is 0 Å². The van der Waals surface area contributed by atoms with Gasteiger partial charge in [-0.25, -0.2) is 4.39 Å². The van der Waals surface area contributed by atoms with Crippen molar-refractivity contribution in [3.63, 3.8) is 0 Å². The summed E-state index contributed by atoms with van der Waals surface area (Å²) in [6.45, 7) is 6.29. The molecule has 0 aliphatic carbocycles. The van der Waals surface area contributed by atoms with Gasteiger partial charge in [0, 0.05) is 12.2 Å². The second-order valence-corrected chi connectivity index (χ2v) is 5.58. The average Bonchev–Trinajstić information content (AvgIpc) is 2.88. The zero-order valence-corrected chi connectivity index (χ0v) is 13.8. The third-order valence-corrected chi connectivity index (χ3v) is 3.85. The summed E-state index contributed by atoms with van der Waals surface area (Å²) in [4.78, 5) is 12.4. The van der Waals surface area contributed by atoms with Crippen LogP contribution in [0.2, 0.25) is 0 Å². The number of carbonyl (C=O) groups excluding carboxylic acids is 1. The van der Waals surface area contributed by atoms with Crippen LogP contribution in [-0.2, 0) is 13.0 Å². The van der Waals surface area contributed by atoms with E-state index in [0.29, 0.717) is 28.0 Å². The number of nitrogens with zero attached hydrogens (tertiary/aromatic N) is 2. The molecule has 0 fully saturated rings. The number of nitrogens with one attached hydrogen (secondary N) is 1. The maximum atomic E-state index is 13.4. The number of aryl methyl sites for hydroxylation is 3. The lowest BCUT2D eigenvalue weighted by molar-refractivity contribution is 0.101. The summed E-state index contributed by atoms with van der Waals surface area (Å²) >= 11 is 3.13. The van der Waals surface area contributed by atoms with Crippen LogP contribution < -0.4 is 5.32 Å². The number of anilines is 1. The zero-order valence-electron chi connectivity index (χ0n) is 12.2. The zero-order chi connectivity index (χ0) is 15.6. The maximum absolute atomic E-state index is 13.4. The summed E-state index contributed by atoms with van der Waals surface area (Å²) in [5, 5.41) is 7.16. The monoisotopic (exact) mass is 353 g/mol. The fraction of sp³-hybridized carbons (Fsp3) is 0.333. The minimum absolute atomic E-state index is 0.245. The number of halogens is 2. The molecule has 0 aliphatic heterocycles. The number of rotatable bonds is 4. The van der Waals surface area contributed by atoms with Gasteiger partial charge < -0.3 is 5.32 Å². The van der Waals surface area contributed by atoms with Gasteiger partial charge in [0.25, 0.3) is 5.91 Å². The molecule has 1 amide bonds. The van der Waals surface area contributed by atoms with Crippen LogP contribution in [0.5, 0.6) is 0 Å². The van der Waals surface area contributed by atoms with Gasteiger partial charge >= 0.3 is 0 Å². The van der Waals surface area contributed by atoms with Crippen LogP contribution in [0.15, 0.2) is 22.7 Å². The molecule has 6 heteroatoms. The van der Waals surface area contributed by atoms with E-state index in [0.717, 1.165) is 12.1 Å². The van der Waals surface area contributed by atoms with E-state index in [1.54, 1.807) is 23.7 Å². The highest BCUT2D eigenvalue weighted by molar-refractivity contribution is 9.10. The number of amides is 1. The second-order valence-electron chi connectivity index (χ2n) is 4.73. The molecule has 2 rings (SSSR count). The van der Waals surface area contributed by atoms with Crippen LogP contribution in [0.1, 0.15) is 35.6 Å². The Morgan fingerprint density at radius 2 is 2.10 bits per heavy atom. The lowest BCUT2D eigenvalue weighted by Crippen LogP contribution is -2.18. The fourth-order valence-electron chi connectivity index (χ4n) is 2.03. The molecular formula is C15H17BrFN3O. The van der Waals surface area contributed by atoms with Gasteiger partial charge in [-0.2, -0.15) is 5.10 Å². The van der Waals surface area contributed by atoms with Gasteiger partial charge in [-0.05, 0) is 60.0 Å². The Bertz CT molecular complexity index is 682. The molecule has 2 aromatic rings. The van der Waals surface area contributed by atoms with Crippen molar-refractivity contribution in [3.8, 4) is 0 Å². The van der Waals surface area contributed by atoms with E-state index in [4.69, 9.17) is 0 Å².